The van der Waals surface area contributed by atoms with Crippen molar-refractivity contribution in [2.24, 2.45) is 0 Å². The number of carbonyl (C=O) groups excluding carboxylic acids is 1. The lowest BCUT2D eigenvalue weighted by Crippen LogP contribution is -1.98. The minimum absolute atomic E-state index is 0.0185. The smallest absolute Gasteiger partial charge is 0.303 e. The zero-order valence-corrected chi connectivity index (χ0v) is 10.5. The molecule has 0 spiro atoms. The van der Waals surface area contributed by atoms with E-state index >= 15 is 0 Å². The van der Waals surface area contributed by atoms with Gasteiger partial charge in [0.05, 0.1) is 22.2 Å². The van der Waals surface area contributed by atoms with Crippen molar-refractivity contribution < 1.29 is 14.5 Å². The van der Waals surface area contributed by atoms with Crippen LogP contribution in [0.4, 0.5) is 5.69 Å². The topological polar surface area (TPSA) is 95.2 Å². The van der Waals surface area contributed by atoms with E-state index in [1.165, 1.54) is 31.3 Å². The summed E-state index contributed by atoms with van der Waals surface area (Å²) in [5.74, 6) is 4.91. The van der Waals surface area contributed by atoms with Crippen molar-refractivity contribution in [3.05, 3.63) is 40.2 Å². The molecule has 0 N–H and O–H groups in total. The predicted octanol–water partition coefficient (Wildman–Crippen LogP) is 1.45. The zero-order chi connectivity index (χ0) is 14.5. The van der Waals surface area contributed by atoms with Crippen LogP contribution in [0.1, 0.15) is 12.6 Å². The van der Waals surface area contributed by atoms with Crippen LogP contribution in [0.25, 0.3) is 11.0 Å². The molecule has 0 saturated carbocycles. The van der Waals surface area contributed by atoms with E-state index in [1.807, 2.05) is 0 Å². The van der Waals surface area contributed by atoms with E-state index in [-0.39, 0.29) is 12.3 Å². The number of aromatic nitrogens is 2. The highest BCUT2D eigenvalue weighted by atomic mass is 16.6. The second-order valence-electron chi connectivity index (χ2n) is 3.77. The van der Waals surface area contributed by atoms with Crippen molar-refractivity contribution in [1.29, 1.82) is 0 Å². The number of nitro groups is 1. The SMILES string of the molecule is CC(=O)OCC#Cc1cnc2cc([N+](=O)[O-])ccc2n1. The highest BCUT2D eigenvalue weighted by molar-refractivity contribution is 5.77. The van der Waals surface area contributed by atoms with Gasteiger partial charge in [0.2, 0.25) is 0 Å². The summed E-state index contributed by atoms with van der Waals surface area (Å²) in [4.78, 5) is 28.9. The fourth-order valence-electron chi connectivity index (χ4n) is 1.44. The molecular weight excluding hydrogens is 262 g/mol. The number of esters is 1. The summed E-state index contributed by atoms with van der Waals surface area (Å²) >= 11 is 0. The van der Waals surface area contributed by atoms with Crippen molar-refractivity contribution in [3.8, 4) is 11.8 Å². The number of benzene rings is 1. The monoisotopic (exact) mass is 271 g/mol. The van der Waals surface area contributed by atoms with Crippen molar-refractivity contribution in [3.63, 3.8) is 0 Å². The standard InChI is InChI=1S/C13H9N3O4/c1-9(17)20-6-2-3-10-8-14-13-7-11(16(18)19)4-5-12(13)15-10/h4-5,7-8H,6H2,1H3. The maximum Gasteiger partial charge on any atom is 0.303 e. The Bertz CT molecular complexity index is 746. The molecule has 1 heterocycles. The number of non-ortho nitro benzene ring substituents is 1. The molecule has 0 atom stereocenters. The first-order valence-electron chi connectivity index (χ1n) is 5.59. The van der Waals surface area contributed by atoms with Crippen LogP contribution in [0.2, 0.25) is 0 Å². The largest absolute Gasteiger partial charge is 0.453 e. The summed E-state index contributed by atoms with van der Waals surface area (Å²) in [5, 5.41) is 10.6. The number of hydrogen-bond acceptors (Lipinski definition) is 6. The molecule has 2 rings (SSSR count). The van der Waals surface area contributed by atoms with E-state index in [0.29, 0.717) is 16.7 Å². The van der Waals surface area contributed by atoms with Gasteiger partial charge in [0.25, 0.3) is 5.69 Å². The Balaban J connectivity index is 2.23. The maximum atomic E-state index is 10.6. The lowest BCUT2D eigenvalue weighted by Gasteiger charge is -1.97. The van der Waals surface area contributed by atoms with E-state index in [0.717, 1.165) is 0 Å². The number of hydrogen-bond donors (Lipinski definition) is 0. The van der Waals surface area contributed by atoms with Crippen LogP contribution in [-0.4, -0.2) is 27.5 Å². The molecule has 0 aliphatic carbocycles. The van der Waals surface area contributed by atoms with Crippen LogP contribution in [0.3, 0.4) is 0 Å². The molecule has 0 aliphatic rings. The van der Waals surface area contributed by atoms with E-state index in [4.69, 9.17) is 0 Å². The molecule has 0 fully saturated rings. The van der Waals surface area contributed by atoms with Gasteiger partial charge in [-0.1, -0.05) is 5.92 Å². The van der Waals surface area contributed by atoms with Crippen LogP contribution in [-0.2, 0) is 9.53 Å². The average molecular weight is 271 g/mol. The normalized spacial score (nSPS) is 9.65. The van der Waals surface area contributed by atoms with Crippen LogP contribution < -0.4 is 0 Å². The van der Waals surface area contributed by atoms with Gasteiger partial charge in [-0.2, -0.15) is 0 Å². The Morgan fingerprint density at radius 3 is 2.95 bits per heavy atom. The molecule has 0 saturated heterocycles. The highest BCUT2D eigenvalue weighted by Crippen LogP contribution is 2.17. The lowest BCUT2D eigenvalue weighted by atomic mass is 10.2. The summed E-state index contributed by atoms with van der Waals surface area (Å²) in [5.41, 5.74) is 1.29. The third kappa shape index (κ3) is 3.26. The Labute approximate surface area is 113 Å². The third-order valence-corrected chi connectivity index (χ3v) is 2.30. The van der Waals surface area contributed by atoms with E-state index in [9.17, 15) is 14.9 Å². The molecule has 0 aliphatic heterocycles. The Morgan fingerprint density at radius 1 is 1.45 bits per heavy atom. The molecule has 2 aromatic rings. The summed E-state index contributed by atoms with van der Waals surface area (Å²) in [6, 6.07) is 4.21. The fraction of sp³-hybridized carbons (Fsp3) is 0.154. The number of fused-ring (bicyclic) bond motifs is 1. The molecule has 7 heteroatoms. The van der Waals surface area contributed by atoms with Crippen molar-refractivity contribution in [2.45, 2.75) is 6.92 Å². The van der Waals surface area contributed by atoms with Crippen molar-refractivity contribution >= 4 is 22.7 Å². The van der Waals surface area contributed by atoms with Crippen LogP contribution in [0.5, 0.6) is 0 Å². The number of nitro benzene ring substituents is 1. The van der Waals surface area contributed by atoms with Crippen LogP contribution in [0, 0.1) is 22.0 Å². The lowest BCUT2D eigenvalue weighted by molar-refractivity contribution is -0.384. The van der Waals surface area contributed by atoms with Gasteiger partial charge >= 0.3 is 5.97 Å². The van der Waals surface area contributed by atoms with Gasteiger partial charge in [0.1, 0.15) is 5.69 Å². The molecule has 1 aromatic carbocycles. The molecule has 20 heavy (non-hydrogen) atoms. The Morgan fingerprint density at radius 2 is 2.25 bits per heavy atom. The van der Waals surface area contributed by atoms with Gasteiger partial charge < -0.3 is 4.74 Å². The molecule has 0 amide bonds. The second-order valence-corrected chi connectivity index (χ2v) is 3.77. The minimum Gasteiger partial charge on any atom is -0.453 e. The molecule has 0 bridgehead atoms. The predicted molar refractivity (Wildman–Crippen MR) is 69.7 cm³/mol. The zero-order valence-electron chi connectivity index (χ0n) is 10.5. The molecule has 1 aromatic heterocycles. The first kappa shape index (κ1) is 13.4. The summed E-state index contributed by atoms with van der Waals surface area (Å²) < 4.78 is 4.66. The van der Waals surface area contributed by atoms with Crippen molar-refractivity contribution in [1.82, 2.24) is 9.97 Å². The molecule has 0 radical (unpaired) electrons. The Kier molecular flexibility index (Phi) is 3.86. The van der Waals surface area contributed by atoms with Crippen molar-refractivity contribution in [2.75, 3.05) is 6.61 Å². The van der Waals surface area contributed by atoms with Gasteiger partial charge in [-0.3, -0.25) is 19.9 Å². The minimum atomic E-state index is -0.492. The van der Waals surface area contributed by atoms with Gasteiger partial charge in [-0.25, -0.2) is 4.98 Å². The van der Waals surface area contributed by atoms with E-state index in [2.05, 4.69) is 26.5 Å². The molecule has 100 valence electrons. The molecular formula is C13H9N3O4. The first-order chi connectivity index (χ1) is 9.56. The second kappa shape index (κ2) is 5.75. The fourth-order valence-corrected chi connectivity index (χ4v) is 1.44. The number of ether oxygens (including phenoxy) is 1. The van der Waals surface area contributed by atoms with Gasteiger partial charge in [-0.15, -0.1) is 0 Å². The van der Waals surface area contributed by atoms with E-state index in [1.54, 1.807) is 0 Å². The average Bonchev–Trinajstić information content (AvgIpc) is 2.42. The number of carbonyl (C=O) groups is 1. The van der Waals surface area contributed by atoms with Gasteiger partial charge in [-0.05, 0) is 12.0 Å². The van der Waals surface area contributed by atoms with E-state index < -0.39 is 10.9 Å². The first-order valence-corrected chi connectivity index (χ1v) is 5.59. The number of rotatable bonds is 2. The quantitative estimate of drug-likeness (QED) is 0.355. The van der Waals surface area contributed by atoms with Crippen LogP contribution >= 0.6 is 0 Å². The van der Waals surface area contributed by atoms with Gasteiger partial charge in [0, 0.05) is 19.1 Å². The van der Waals surface area contributed by atoms with Crippen LogP contribution in [0.15, 0.2) is 24.4 Å². The maximum absolute atomic E-state index is 10.6. The number of nitrogens with zero attached hydrogens (tertiary/aromatic N) is 3. The molecule has 0 unspecified atom stereocenters. The summed E-state index contributed by atoms with van der Waals surface area (Å²) in [6.07, 6.45) is 1.41. The Hall–Kier alpha value is -3.01. The highest BCUT2D eigenvalue weighted by Gasteiger charge is 2.07. The summed E-state index contributed by atoms with van der Waals surface area (Å²) in [6.45, 7) is 1.28. The van der Waals surface area contributed by atoms with Gasteiger partial charge in [0.15, 0.2) is 6.61 Å². The summed E-state index contributed by atoms with van der Waals surface area (Å²) in [7, 11) is 0. The third-order valence-electron chi connectivity index (χ3n) is 2.30. The molecule has 7 nitrogen and oxygen atoms in total.